The lowest BCUT2D eigenvalue weighted by atomic mass is 10.1. The zero-order chi connectivity index (χ0) is 14.4. The normalized spacial score (nSPS) is 10.1. The van der Waals surface area contributed by atoms with Gasteiger partial charge in [-0.3, -0.25) is 0 Å². The average molecular weight is 284 g/mol. The largest absolute Gasteiger partial charge is 0.332 e. The molecule has 20 heavy (non-hydrogen) atoms. The summed E-state index contributed by atoms with van der Waals surface area (Å²) < 4.78 is 0. The molecule has 0 aromatic heterocycles. The van der Waals surface area contributed by atoms with Crippen LogP contribution in [-0.4, -0.2) is 5.11 Å². The van der Waals surface area contributed by atoms with E-state index in [1.807, 2.05) is 24.3 Å². The van der Waals surface area contributed by atoms with Crippen molar-refractivity contribution in [2.45, 2.75) is 26.7 Å². The van der Waals surface area contributed by atoms with Crippen LogP contribution in [0.25, 0.3) is 0 Å². The van der Waals surface area contributed by atoms with Crippen LogP contribution in [0.5, 0.6) is 0 Å². The van der Waals surface area contributed by atoms with Crippen LogP contribution in [-0.2, 0) is 12.8 Å². The van der Waals surface area contributed by atoms with Gasteiger partial charge in [-0.1, -0.05) is 50.2 Å². The second-order valence-corrected chi connectivity index (χ2v) is 5.01. The maximum absolute atomic E-state index is 5.41. The SMILES string of the molecule is CCc1ccccc1NC(=S)Nc1ccccc1CC. The Morgan fingerprint density at radius 1 is 0.800 bits per heavy atom. The van der Waals surface area contributed by atoms with Crippen LogP contribution in [0.3, 0.4) is 0 Å². The van der Waals surface area contributed by atoms with Gasteiger partial charge in [-0.25, -0.2) is 0 Å². The van der Waals surface area contributed by atoms with Crippen molar-refractivity contribution in [2.24, 2.45) is 0 Å². The lowest BCUT2D eigenvalue weighted by Crippen LogP contribution is -2.20. The van der Waals surface area contributed by atoms with E-state index in [4.69, 9.17) is 12.2 Å². The molecule has 0 aliphatic heterocycles. The molecule has 104 valence electrons. The van der Waals surface area contributed by atoms with Gasteiger partial charge < -0.3 is 10.6 Å². The van der Waals surface area contributed by atoms with Crippen LogP contribution in [0.1, 0.15) is 25.0 Å². The molecule has 0 unspecified atom stereocenters. The summed E-state index contributed by atoms with van der Waals surface area (Å²) in [7, 11) is 0. The van der Waals surface area contributed by atoms with E-state index < -0.39 is 0 Å². The third-order valence-electron chi connectivity index (χ3n) is 3.29. The molecular formula is C17H20N2S. The molecule has 0 saturated carbocycles. The van der Waals surface area contributed by atoms with E-state index in [1.165, 1.54) is 11.1 Å². The third-order valence-corrected chi connectivity index (χ3v) is 3.50. The first-order valence-corrected chi connectivity index (χ1v) is 7.39. The molecule has 0 heterocycles. The number of nitrogens with one attached hydrogen (secondary N) is 2. The first-order chi connectivity index (χ1) is 9.74. The van der Waals surface area contributed by atoms with Gasteiger partial charge in [0.2, 0.25) is 0 Å². The van der Waals surface area contributed by atoms with Gasteiger partial charge in [0.25, 0.3) is 0 Å². The van der Waals surface area contributed by atoms with Crippen molar-refractivity contribution in [1.82, 2.24) is 0 Å². The van der Waals surface area contributed by atoms with Crippen molar-refractivity contribution < 1.29 is 0 Å². The van der Waals surface area contributed by atoms with E-state index in [0.717, 1.165) is 24.2 Å². The molecule has 0 fully saturated rings. The second-order valence-electron chi connectivity index (χ2n) is 4.60. The van der Waals surface area contributed by atoms with E-state index in [-0.39, 0.29) is 0 Å². The van der Waals surface area contributed by atoms with Crippen LogP contribution < -0.4 is 10.6 Å². The van der Waals surface area contributed by atoms with Gasteiger partial charge in [-0.15, -0.1) is 0 Å². The number of aryl methyl sites for hydroxylation is 2. The monoisotopic (exact) mass is 284 g/mol. The smallest absolute Gasteiger partial charge is 0.175 e. The minimum absolute atomic E-state index is 0.631. The summed E-state index contributed by atoms with van der Waals surface area (Å²) in [6.07, 6.45) is 1.97. The molecule has 3 heteroatoms. The standard InChI is InChI=1S/C17H20N2S/c1-3-13-9-5-7-11-15(13)18-17(20)19-16-12-8-6-10-14(16)4-2/h5-12H,3-4H2,1-2H3,(H2,18,19,20). The first-order valence-electron chi connectivity index (χ1n) is 6.98. The lowest BCUT2D eigenvalue weighted by molar-refractivity contribution is 1.14. The van der Waals surface area contributed by atoms with Gasteiger partial charge >= 0.3 is 0 Å². The van der Waals surface area contributed by atoms with Gasteiger partial charge in [-0.2, -0.15) is 0 Å². The number of hydrogen-bond donors (Lipinski definition) is 2. The van der Waals surface area contributed by atoms with Crippen molar-refractivity contribution in [2.75, 3.05) is 10.6 Å². The number of hydrogen-bond acceptors (Lipinski definition) is 1. The Labute approximate surface area is 126 Å². The number of rotatable bonds is 4. The molecule has 2 aromatic carbocycles. The summed E-state index contributed by atoms with van der Waals surface area (Å²) in [6, 6.07) is 16.5. The van der Waals surface area contributed by atoms with Crippen LogP contribution in [0, 0.1) is 0 Å². The molecule has 2 rings (SSSR count). The number of anilines is 2. The highest BCUT2D eigenvalue weighted by atomic mass is 32.1. The Morgan fingerprint density at radius 3 is 1.60 bits per heavy atom. The minimum Gasteiger partial charge on any atom is -0.332 e. The van der Waals surface area contributed by atoms with E-state index in [2.05, 4.69) is 48.7 Å². The molecule has 0 atom stereocenters. The Morgan fingerprint density at radius 2 is 1.20 bits per heavy atom. The van der Waals surface area contributed by atoms with Crippen molar-refractivity contribution in [1.29, 1.82) is 0 Å². The van der Waals surface area contributed by atoms with Gasteiger partial charge in [0, 0.05) is 11.4 Å². The minimum atomic E-state index is 0.631. The molecule has 0 radical (unpaired) electrons. The number of thiocarbonyl (C=S) groups is 1. The molecule has 2 N–H and O–H groups in total. The van der Waals surface area contributed by atoms with E-state index in [1.54, 1.807) is 0 Å². The predicted octanol–water partition coefficient (Wildman–Crippen LogP) is 4.62. The summed E-state index contributed by atoms with van der Waals surface area (Å²) in [5.41, 5.74) is 4.67. The van der Waals surface area contributed by atoms with E-state index >= 15 is 0 Å². The zero-order valence-electron chi connectivity index (χ0n) is 11.9. The van der Waals surface area contributed by atoms with E-state index in [0.29, 0.717) is 5.11 Å². The molecule has 0 saturated heterocycles. The average Bonchev–Trinajstić information content (AvgIpc) is 2.48. The van der Waals surface area contributed by atoms with Gasteiger partial charge in [0.15, 0.2) is 5.11 Å². The van der Waals surface area contributed by atoms with E-state index in [9.17, 15) is 0 Å². The number of benzene rings is 2. The fourth-order valence-corrected chi connectivity index (χ4v) is 2.40. The Balaban J connectivity index is 2.09. The Bertz CT molecular complexity index is 542. The lowest BCUT2D eigenvalue weighted by Gasteiger charge is -2.15. The second kappa shape index (κ2) is 7.06. The molecule has 0 aliphatic rings. The fraction of sp³-hybridized carbons (Fsp3) is 0.235. The highest BCUT2D eigenvalue weighted by molar-refractivity contribution is 7.80. The summed E-state index contributed by atoms with van der Waals surface area (Å²) in [6.45, 7) is 4.28. The number of para-hydroxylation sites is 2. The zero-order valence-corrected chi connectivity index (χ0v) is 12.8. The summed E-state index contributed by atoms with van der Waals surface area (Å²) >= 11 is 5.41. The maximum atomic E-state index is 5.41. The highest BCUT2D eigenvalue weighted by Crippen LogP contribution is 2.18. The van der Waals surface area contributed by atoms with Gasteiger partial charge in [0.05, 0.1) is 0 Å². The fourth-order valence-electron chi connectivity index (χ4n) is 2.18. The van der Waals surface area contributed by atoms with Crippen LogP contribution in [0.4, 0.5) is 11.4 Å². The van der Waals surface area contributed by atoms with Gasteiger partial charge in [-0.05, 0) is 48.3 Å². The van der Waals surface area contributed by atoms with Crippen molar-refractivity contribution >= 4 is 28.7 Å². The molecule has 0 spiro atoms. The summed E-state index contributed by atoms with van der Waals surface area (Å²) in [5, 5.41) is 7.19. The van der Waals surface area contributed by atoms with Crippen LogP contribution >= 0.6 is 12.2 Å². The molecular weight excluding hydrogens is 264 g/mol. The molecule has 2 nitrogen and oxygen atoms in total. The Hall–Kier alpha value is -1.87. The topological polar surface area (TPSA) is 24.1 Å². The molecule has 0 amide bonds. The van der Waals surface area contributed by atoms with Crippen molar-refractivity contribution in [3.8, 4) is 0 Å². The highest BCUT2D eigenvalue weighted by Gasteiger charge is 2.04. The third kappa shape index (κ3) is 3.58. The van der Waals surface area contributed by atoms with Crippen LogP contribution in [0.2, 0.25) is 0 Å². The molecule has 2 aromatic rings. The summed E-state index contributed by atoms with van der Waals surface area (Å²) in [4.78, 5) is 0. The quantitative estimate of drug-likeness (QED) is 0.801. The van der Waals surface area contributed by atoms with Crippen molar-refractivity contribution in [3.05, 3.63) is 59.7 Å². The van der Waals surface area contributed by atoms with Crippen molar-refractivity contribution in [3.63, 3.8) is 0 Å². The van der Waals surface area contributed by atoms with Crippen LogP contribution in [0.15, 0.2) is 48.5 Å². The molecule has 0 aliphatic carbocycles. The Kier molecular flexibility index (Phi) is 5.13. The predicted molar refractivity (Wildman–Crippen MR) is 91.5 cm³/mol. The maximum Gasteiger partial charge on any atom is 0.175 e. The summed E-state index contributed by atoms with van der Waals surface area (Å²) in [5.74, 6) is 0. The molecule has 0 bridgehead atoms. The van der Waals surface area contributed by atoms with Gasteiger partial charge in [0.1, 0.15) is 0 Å². The first kappa shape index (κ1) is 14.5.